The minimum Gasteiger partial charge on any atom is -0.384 e. The van der Waals surface area contributed by atoms with Gasteiger partial charge >= 0.3 is 6.18 Å². The van der Waals surface area contributed by atoms with Crippen molar-refractivity contribution in [2.45, 2.75) is 25.6 Å². The molecule has 3 nitrogen and oxygen atoms in total. The van der Waals surface area contributed by atoms with Crippen molar-refractivity contribution in [2.75, 3.05) is 12.3 Å². The van der Waals surface area contributed by atoms with Crippen molar-refractivity contribution in [3.63, 3.8) is 0 Å². The third-order valence-electron chi connectivity index (χ3n) is 1.86. The van der Waals surface area contributed by atoms with Crippen LogP contribution in [0.1, 0.15) is 18.4 Å². The predicted octanol–water partition coefficient (Wildman–Crippen LogP) is 2.52. The summed E-state index contributed by atoms with van der Waals surface area (Å²) in [6.07, 6.45) is -3.41. The number of halogens is 3. The van der Waals surface area contributed by atoms with E-state index < -0.39 is 12.6 Å². The van der Waals surface area contributed by atoms with Crippen molar-refractivity contribution in [3.8, 4) is 0 Å². The molecular formula is C10H13F3N2O. The maximum Gasteiger partial charge on any atom is 0.389 e. The molecule has 1 aromatic heterocycles. The normalized spacial score (nSPS) is 11.7. The maximum absolute atomic E-state index is 11.8. The summed E-state index contributed by atoms with van der Waals surface area (Å²) in [4.78, 5) is 3.79. The molecule has 0 saturated heterocycles. The number of nitrogens with two attached hydrogens (primary N) is 1. The number of nitrogen functional groups attached to an aromatic ring is 1. The molecule has 90 valence electrons. The molecule has 6 heteroatoms. The van der Waals surface area contributed by atoms with E-state index >= 15 is 0 Å². The zero-order valence-electron chi connectivity index (χ0n) is 8.63. The number of nitrogens with zero attached hydrogens (tertiary/aromatic N) is 1. The van der Waals surface area contributed by atoms with Crippen molar-refractivity contribution in [2.24, 2.45) is 0 Å². The first-order chi connectivity index (χ1) is 7.47. The van der Waals surface area contributed by atoms with Crippen LogP contribution in [-0.2, 0) is 11.3 Å². The number of rotatable bonds is 5. The van der Waals surface area contributed by atoms with E-state index in [-0.39, 0.29) is 19.6 Å². The van der Waals surface area contributed by atoms with E-state index in [2.05, 4.69) is 4.98 Å². The standard InChI is InChI=1S/C10H13F3N2O/c11-10(12,13)3-1-5-16-7-8-2-4-15-9(14)6-8/h2,4,6H,1,3,5,7H2,(H2,14,15). The number of ether oxygens (including phenoxy) is 1. The topological polar surface area (TPSA) is 48.1 Å². The van der Waals surface area contributed by atoms with Gasteiger partial charge < -0.3 is 10.5 Å². The molecule has 16 heavy (non-hydrogen) atoms. The van der Waals surface area contributed by atoms with Crippen LogP contribution in [0.25, 0.3) is 0 Å². The Morgan fingerprint density at radius 1 is 1.38 bits per heavy atom. The average molecular weight is 234 g/mol. The second-order valence-corrected chi connectivity index (χ2v) is 3.36. The van der Waals surface area contributed by atoms with Gasteiger partial charge in [-0.2, -0.15) is 13.2 Å². The van der Waals surface area contributed by atoms with Gasteiger partial charge in [-0.15, -0.1) is 0 Å². The lowest BCUT2D eigenvalue weighted by Gasteiger charge is -2.07. The summed E-state index contributed by atoms with van der Waals surface area (Å²) >= 11 is 0. The molecule has 0 spiro atoms. The fraction of sp³-hybridized carbons (Fsp3) is 0.500. The number of aromatic nitrogens is 1. The first-order valence-corrected chi connectivity index (χ1v) is 4.82. The fourth-order valence-electron chi connectivity index (χ4n) is 1.15. The highest BCUT2D eigenvalue weighted by molar-refractivity contribution is 5.31. The first kappa shape index (κ1) is 12.8. The van der Waals surface area contributed by atoms with Crippen molar-refractivity contribution in [1.29, 1.82) is 0 Å². The molecule has 0 atom stereocenters. The highest BCUT2D eigenvalue weighted by Gasteiger charge is 2.25. The zero-order chi connectivity index (χ0) is 12.0. The molecule has 0 bridgehead atoms. The summed E-state index contributed by atoms with van der Waals surface area (Å²) < 4.78 is 40.4. The van der Waals surface area contributed by atoms with Crippen molar-refractivity contribution < 1.29 is 17.9 Å². The molecule has 0 aliphatic heterocycles. The zero-order valence-corrected chi connectivity index (χ0v) is 8.63. The van der Waals surface area contributed by atoms with E-state index in [1.165, 1.54) is 6.20 Å². The van der Waals surface area contributed by atoms with Gasteiger partial charge in [-0.05, 0) is 24.1 Å². The third-order valence-corrected chi connectivity index (χ3v) is 1.86. The lowest BCUT2D eigenvalue weighted by molar-refractivity contribution is -0.138. The lowest BCUT2D eigenvalue weighted by Crippen LogP contribution is -2.08. The first-order valence-electron chi connectivity index (χ1n) is 4.82. The molecule has 0 saturated carbocycles. The van der Waals surface area contributed by atoms with Crippen LogP contribution in [0.15, 0.2) is 18.3 Å². The number of pyridine rings is 1. The summed E-state index contributed by atoms with van der Waals surface area (Å²) in [6.45, 7) is 0.340. The highest BCUT2D eigenvalue weighted by atomic mass is 19.4. The fourth-order valence-corrected chi connectivity index (χ4v) is 1.15. The predicted molar refractivity (Wildman–Crippen MR) is 53.6 cm³/mol. The van der Waals surface area contributed by atoms with Gasteiger partial charge in [-0.1, -0.05) is 0 Å². The largest absolute Gasteiger partial charge is 0.389 e. The molecule has 0 aliphatic carbocycles. The van der Waals surface area contributed by atoms with Crippen LogP contribution in [0.2, 0.25) is 0 Å². The van der Waals surface area contributed by atoms with Crippen molar-refractivity contribution in [3.05, 3.63) is 23.9 Å². The Hall–Kier alpha value is -1.30. The van der Waals surface area contributed by atoms with Crippen LogP contribution in [-0.4, -0.2) is 17.8 Å². The number of anilines is 1. The van der Waals surface area contributed by atoms with Gasteiger partial charge in [-0.25, -0.2) is 4.98 Å². The average Bonchev–Trinajstić information content (AvgIpc) is 2.15. The monoisotopic (exact) mass is 234 g/mol. The lowest BCUT2D eigenvalue weighted by atomic mass is 10.3. The van der Waals surface area contributed by atoms with Gasteiger partial charge in [0.1, 0.15) is 5.82 Å². The number of hydrogen-bond donors (Lipinski definition) is 1. The summed E-state index contributed by atoms with van der Waals surface area (Å²) in [6, 6.07) is 3.34. The Morgan fingerprint density at radius 2 is 2.12 bits per heavy atom. The Kier molecular flexibility index (Phi) is 4.54. The summed E-state index contributed by atoms with van der Waals surface area (Å²) in [5.41, 5.74) is 6.24. The van der Waals surface area contributed by atoms with E-state index in [0.29, 0.717) is 5.82 Å². The second-order valence-electron chi connectivity index (χ2n) is 3.36. The van der Waals surface area contributed by atoms with E-state index in [0.717, 1.165) is 5.56 Å². The minimum atomic E-state index is -4.11. The quantitative estimate of drug-likeness (QED) is 0.796. The molecule has 1 aromatic rings. The Morgan fingerprint density at radius 3 is 2.75 bits per heavy atom. The van der Waals surface area contributed by atoms with Gasteiger partial charge in [0.2, 0.25) is 0 Å². The molecule has 0 fully saturated rings. The highest BCUT2D eigenvalue weighted by Crippen LogP contribution is 2.21. The molecule has 0 unspecified atom stereocenters. The van der Waals surface area contributed by atoms with Crippen LogP contribution in [0.3, 0.4) is 0 Å². The number of alkyl halides is 3. The molecule has 0 radical (unpaired) electrons. The van der Waals surface area contributed by atoms with Gasteiger partial charge in [-0.3, -0.25) is 0 Å². The minimum absolute atomic E-state index is 0.0237. The summed E-state index contributed by atoms with van der Waals surface area (Å²) in [5.74, 6) is 0.372. The van der Waals surface area contributed by atoms with E-state index in [4.69, 9.17) is 10.5 Å². The van der Waals surface area contributed by atoms with Crippen LogP contribution < -0.4 is 5.73 Å². The molecule has 0 aliphatic rings. The summed E-state index contributed by atoms with van der Waals surface area (Å²) in [7, 11) is 0. The van der Waals surface area contributed by atoms with Crippen LogP contribution in [0.4, 0.5) is 19.0 Å². The van der Waals surface area contributed by atoms with E-state index in [1.54, 1.807) is 12.1 Å². The van der Waals surface area contributed by atoms with Crippen molar-refractivity contribution in [1.82, 2.24) is 4.98 Å². The SMILES string of the molecule is Nc1cc(COCCCC(F)(F)F)ccn1. The molecule has 0 aromatic carbocycles. The second kappa shape index (κ2) is 5.69. The number of hydrogen-bond acceptors (Lipinski definition) is 3. The van der Waals surface area contributed by atoms with Gasteiger partial charge in [0.15, 0.2) is 0 Å². The summed E-state index contributed by atoms with van der Waals surface area (Å²) in [5, 5.41) is 0. The van der Waals surface area contributed by atoms with E-state index in [9.17, 15) is 13.2 Å². The Labute approximate surface area is 91.4 Å². The Balaban J connectivity index is 2.17. The van der Waals surface area contributed by atoms with Gasteiger partial charge in [0.05, 0.1) is 6.61 Å². The van der Waals surface area contributed by atoms with Crippen LogP contribution in [0.5, 0.6) is 0 Å². The molecular weight excluding hydrogens is 221 g/mol. The van der Waals surface area contributed by atoms with Gasteiger partial charge in [0.25, 0.3) is 0 Å². The van der Waals surface area contributed by atoms with E-state index in [1.807, 2.05) is 0 Å². The molecule has 2 N–H and O–H groups in total. The third kappa shape index (κ3) is 5.55. The van der Waals surface area contributed by atoms with Crippen LogP contribution in [0, 0.1) is 0 Å². The molecule has 0 amide bonds. The molecule has 1 rings (SSSR count). The van der Waals surface area contributed by atoms with Gasteiger partial charge in [0, 0.05) is 19.2 Å². The maximum atomic E-state index is 11.8. The van der Waals surface area contributed by atoms with Crippen LogP contribution >= 0.6 is 0 Å². The smallest absolute Gasteiger partial charge is 0.384 e. The van der Waals surface area contributed by atoms with Crippen molar-refractivity contribution >= 4 is 5.82 Å². The Bertz CT molecular complexity index is 328. The molecule has 1 heterocycles.